The van der Waals surface area contributed by atoms with Crippen LogP contribution in [-0.4, -0.2) is 3.97 Å². The van der Waals surface area contributed by atoms with Gasteiger partial charge >= 0.3 is 6.18 Å². The van der Waals surface area contributed by atoms with Crippen LogP contribution in [0.25, 0.3) is 10.9 Å². The van der Waals surface area contributed by atoms with E-state index in [0.29, 0.717) is 11.1 Å². The lowest BCUT2D eigenvalue weighted by atomic mass is 10.1. The molecule has 104 valence electrons. The SMILES string of the molecule is Fc1cc(C(F)(F)F)c(Br)c2cc(SCl)n(SI)c12. The summed E-state index contributed by atoms with van der Waals surface area (Å²) in [4.78, 5) is 0. The van der Waals surface area contributed by atoms with Gasteiger partial charge in [0.2, 0.25) is 0 Å². The van der Waals surface area contributed by atoms with Crippen LogP contribution >= 0.6 is 67.9 Å². The van der Waals surface area contributed by atoms with Gasteiger partial charge in [-0.05, 0) is 38.7 Å². The second kappa shape index (κ2) is 5.82. The first-order chi connectivity index (χ1) is 8.81. The molecule has 19 heavy (non-hydrogen) atoms. The average molecular weight is 507 g/mol. The molecule has 0 atom stereocenters. The summed E-state index contributed by atoms with van der Waals surface area (Å²) in [7, 11) is 7.58. The fraction of sp³-hybridized carbons (Fsp3) is 0.111. The van der Waals surface area contributed by atoms with E-state index < -0.39 is 17.6 Å². The van der Waals surface area contributed by atoms with Gasteiger partial charge in [-0.2, -0.15) is 13.2 Å². The summed E-state index contributed by atoms with van der Waals surface area (Å²) in [5.74, 6) is -0.938. The van der Waals surface area contributed by atoms with Crippen LogP contribution in [0, 0.1) is 5.82 Å². The first-order valence-corrected chi connectivity index (χ1v) is 10.2. The van der Waals surface area contributed by atoms with Crippen molar-refractivity contribution in [1.82, 2.24) is 3.97 Å². The number of rotatable bonds is 2. The van der Waals surface area contributed by atoms with Crippen molar-refractivity contribution in [2.75, 3.05) is 0 Å². The van der Waals surface area contributed by atoms with Gasteiger partial charge in [-0.15, -0.1) is 0 Å². The summed E-state index contributed by atoms with van der Waals surface area (Å²) in [6.07, 6.45) is -4.62. The third-order valence-electron chi connectivity index (χ3n) is 2.35. The lowest BCUT2D eigenvalue weighted by Gasteiger charge is -2.11. The number of alkyl halides is 3. The van der Waals surface area contributed by atoms with Gasteiger partial charge in [0.1, 0.15) is 10.8 Å². The van der Waals surface area contributed by atoms with Crippen molar-refractivity contribution in [1.29, 1.82) is 0 Å². The van der Waals surface area contributed by atoms with Crippen molar-refractivity contribution in [3.63, 3.8) is 0 Å². The maximum absolute atomic E-state index is 13.9. The molecule has 0 N–H and O–H groups in total. The van der Waals surface area contributed by atoms with Crippen LogP contribution in [0.15, 0.2) is 21.6 Å². The molecule has 0 radical (unpaired) electrons. The molecule has 0 fully saturated rings. The molecule has 1 heterocycles. The highest BCUT2D eigenvalue weighted by molar-refractivity contribution is 14.2. The molecule has 0 aliphatic heterocycles. The number of nitrogens with zero attached hydrogens (tertiary/aromatic N) is 1. The topological polar surface area (TPSA) is 4.93 Å². The molecule has 1 aromatic heterocycles. The molecule has 0 bridgehead atoms. The van der Waals surface area contributed by atoms with Gasteiger partial charge in [0, 0.05) is 51.2 Å². The second-order valence-corrected chi connectivity index (χ2v) is 6.92. The Labute approximate surface area is 138 Å². The van der Waals surface area contributed by atoms with E-state index in [0.717, 1.165) is 20.1 Å². The highest BCUT2D eigenvalue weighted by Crippen LogP contribution is 2.44. The molecule has 0 unspecified atom stereocenters. The van der Waals surface area contributed by atoms with Gasteiger partial charge < -0.3 is 0 Å². The summed E-state index contributed by atoms with van der Waals surface area (Å²) < 4.78 is 53.6. The lowest BCUT2D eigenvalue weighted by Crippen LogP contribution is -2.07. The van der Waals surface area contributed by atoms with Crippen molar-refractivity contribution in [3.05, 3.63) is 28.0 Å². The van der Waals surface area contributed by atoms with Crippen molar-refractivity contribution >= 4 is 78.8 Å². The Kier molecular flexibility index (Phi) is 4.92. The number of hydrogen-bond donors (Lipinski definition) is 0. The molecule has 2 aromatic rings. The van der Waals surface area contributed by atoms with E-state index in [1.165, 1.54) is 10.0 Å². The zero-order valence-corrected chi connectivity index (χ0v) is 14.7. The Bertz CT molecular complexity index is 645. The molecule has 2 rings (SSSR count). The minimum absolute atomic E-state index is 0.0717. The zero-order chi connectivity index (χ0) is 14.4. The molecule has 0 amide bonds. The first kappa shape index (κ1) is 16.1. The molecule has 0 aliphatic carbocycles. The Morgan fingerprint density at radius 1 is 1.32 bits per heavy atom. The fourth-order valence-electron chi connectivity index (χ4n) is 1.59. The van der Waals surface area contributed by atoms with Crippen LogP contribution in [0.2, 0.25) is 0 Å². The highest BCUT2D eigenvalue weighted by atomic mass is 127. The standard InChI is InChI=1S/C9H2BrClF4INS2/c10-7-3-1-6(18-11)17(19-16)8(3)5(12)2-4(7)9(13,14)15/h1-2H. The maximum atomic E-state index is 13.9. The van der Waals surface area contributed by atoms with E-state index in [2.05, 4.69) is 15.9 Å². The molecule has 1 aromatic carbocycles. The molecule has 0 aliphatic rings. The predicted octanol–water partition coefficient (Wildman–Crippen LogP) is 6.65. The van der Waals surface area contributed by atoms with Crippen molar-refractivity contribution in [2.24, 2.45) is 0 Å². The normalized spacial score (nSPS) is 12.4. The zero-order valence-electron chi connectivity index (χ0n) is 8.56. The number of fused-ring (bicyclic) bond motifs is 1. The lowest BCUT2D eigenvalue weighted by molar-refractivity contribution is -0.138. The molecule has 10 heteroatoms. The smallest absolute Gasteiger partial charge is 0.265 e. The number of aromatic nitrogens is 1. The summed E-state index contributed by atoms with van der Waals surface area (Å²) in [5.41, 5.74) is -0.971. The number of benzene rings is 1. The quantitative estimate of drug-likeness (QED) is 0.332. The Hall–Kier alpha value is 0.680. The van der Waals surface area contributed by atoms with Gasteiger partial charge in [-0.1, -0.05) is 0 Å². The van der Waals surface area contributed by atoms with Crippen LogP contribution in [-0.2, 0) is 6.18 Å². The fourth-order valence-corrected chi connectivity index (χ4v) is 5.24. The molecular weight excluding hydrogens is 504 g/mol. The maximum Gasteiger partial charge on any atom is 0.417 e. The van der Waals surface area contributed by atoms with Crippen molar-refractivity contribution in [2.45, 2.75) is 11.2 Å². The molecule has 0 saturated carbocycles. The van der Waals surface area contributed by atoms with Crippen molar-refractivity contribution in [3.8, 4) is 0 Å². The summed E-state index contributed by atoms with van der Waals surface area (Å²) in [6, 6.07) is 1.90. The monoisotopic (exact) mass is 505 g/mol. The van der Waals surface area contributed by atoms with Gasteiger partial charge in [0.25, 0.3) is 0 Å². The van der Waals surface area contributed by atoms with Gasteiger partial charge in [-0.25, -0.2) is 4.39 Å². The first-order valence-electron chi connectivity index (χ1n) is 4.49. The Balaban J connectivity index is 2.88. The third-order valence-corrected chi connectivity index (χ3v) is 5.95. The van der Waals surface area contributed by atoms with Crippen LogP contribution < -0.4 is 0 Å². The number of halogens is 7. The van der Waals surface area contributed by atoms with Crippen LogP contribution in [0.4, 0.5) is 17.6 Å². The van der Waals surface area contributed by atoms with E-state index in [9.17, 15) is 17.6 Å². The largest absolute Gasteiger partial charge is 0.417 e. The van der Waals surface area contributed by atoms with Crippen molar-refractivity contribution < 1.29 is 17.6 Å². The van der Waals surface area contributed by atoms with Crippen LogP contribution in [0.1, 0.15) is 5.56 Å². The average Bonchev–Trinajstić information content (AvgIpc) is 2.71. The molecule has 1 nitrogen and oxygen atoms in total. The number of hydrogen-bond acceptors (Lipinski definition) is 2. The third kappa shape index (κ3) is 2.85. The summed E-state index contributed by atoms with van der Waals surface area (Å²) in [6.45, 7) is 0. The highest BCUT2D eigenvalue weighted by Gasteiger charge is 2.35. The molecule has 0 saturated heterocycles. The van der Waals surface area contributed by atoms with E-state index in [1.807, 2.05) is 21.2 Å². The minimum Gasteiger partial charge on any atom is -0.265 e. The summed E-state index contributed by atoms with van der Waals surface area (Å²) >= 11 is 4.80. The molecular formula is C9H2BrClF4INS2. The van der Waals surface area contributed by atoms with Crippen LogP contribution in [0.3, 0.4) is 0 Å². The van der Waals surface area contributed by atoms with E-state index in [4.69, 9.17) is 10.7 Å². The summed E-state index contributed by atoms with van der Waals surface area (Å²) in [5, 5.41) is 0.592. The van der Waals surface area contributed by atoms with Gasteiger partial charge in [-0.3, -0.25) is 3.97 Å². The van der Waals surface area contributed by atoms with Crippen LogP contribution in [0.5, 0.6) is 0 Å². The Morgan fingerprint density at radius 3 is 2.42 bits per heavy atom. The van der Waals surface area contributed by atoms with E-state index >= 15 is 0 Å². The van der Waals surface area contributed by atoms with Gasteiger partial charge in [0.05, 0.1) is 11.1 Å². The predicted molar refractivity (Wildman–Crippen MR) is 83.3 cm³/mol. The van der Waals surface area contributed by atoms with E-state index in [1.54, 1.807) is 0 Å². The van der Waals surface area contributed by atoms with E-state index in [-0.39, 0.29) is 15.4 Å². The Morgan fingerprint density at radius 2 is 1.95 bits per heavy atom. The molecule has 0 spiro atoms. The minimum atomic E-state index is -4.62. The van der Waals surface area contributed by atoms with Gasteiger partial charge in [0.15, 0.2) is 0 Å². The second-order valence-electron chi connectivity index (χ2n) is 3.40.